The summed E-state index contributed by atoms with van der Waals surface area (Å²) in [7, 11) is 1.95. The van der Waals surface area contributed by atoms with E-state index in [1.165, 1.54) is 0 Å². The molecule has 0 aromatic carbocycles. The topological polar surface area (TPSA) is 12.0 Å². The lowest BCUT2D eigenvalue weighted by atomic mass is 10.3. The van der Waals surface area contributed by atoms with E-state index in [2.05, 4.69) is 39.9 Å². The van der Waals surface area contributed by atoms with Crippen molar-refractivity contribution in [3.63, 3.8) is 0 Å². The highest BCUT2D eigenvalue weighted by molar-refractivity contribution is 4.40. The lowest BCUT2D eigenvalue weighted by molar-refractivity contribution is 0.668. The fourth-order valence-electron chi connectivity index (χ4n) is 0. The van der Waals surface area contributed by atoms with E-state index in [0.717, 1.165) is 5.92 Å². The third kappa shape index (κ3) is 309. The first-order valence-electron chi connectivity index (χ1n) is 5.68. The number of hydrogen-bond acceptors (Lipinski definition) is 1. The lowest BCUT2D eigenvalue weighted by Gasteiger charge is -1.95. The molecular formula is C12H33N. The van der Waals surface area contributed by atoms with Crippen LogP contribution in [-0.2, 0) is 0 Å². The first-order valence-corrected chi connectivity index (χ1v) is 5.68. The molecule has 13 heavy (non-hydrogen) atoms. The molecule has 0 aliphatic carbocycles. The molecule has 0 aromatic heterocycles. The number of nitrogens with one attached hydrogen (secondary N) is 1. The Morgan fingerprint density at radius 3 is 0.769 bits per heavy atom. The van der Waals surface area contributed by atoms with Crippen molar-refractivity contribution < 1.29 is 0 Å². The van der Waals surface area contributed by atoms with Gasteiger partial charge in [0.1, 0.15) is 0 Å². The molecule has 0 heterocycles. The molecule has 0 rings (SSSR count). The highest BCUT2D eigenvalue weighted by atomic mass is 14.8. The summed E-state index contributed by atoms with van der Waals surface area (Å²) < 4.78 is 0. The molecule has 86 valence electrons. The van der Waals surface area contributed by atoms with Gasteiger partial charge in [-0.05, 0) is 13.0 Å². The van der Waals surface area contributed by atoms with Crippen molar-refractivity contribution in [2.75, 3.05) is 7.05 Å². The van der Waals surface area contributed by atoms with Gasteiger partial charge < -0.3 is 5.32 Å². The Bertz CT molecular complexity index is 37.6. The second-order valence-electron chi connectivity index (χ2n) is 3.18. The molecule has 1 N–H and O–H groups in total. The molecule has 0 fully saturated rings. The molecular weight excluding hydrogens is 158 g/mol. The highest BCUT2D eigenvalue weighted by Crippen LogP contribution is 1.81. The molecule has 0 bridgehead atoms. The minimum absolute atomic E-state index is 0.634. The van der Waals surface area contributed by atoms with Crippen molar-refractivity contribution in [3.8, 4) is 0 Å². The molecule has 0 amide bonds. The summed E-state index contributed by atoms with van der Waals surface area (Å²) in [5, 5.41) is 3.03. The minimum Gasteiger partial charge on any atom is -0.318 e. The van der Waals surface area contributed by atoms with E-state index in [0.29, 0.717) is 6.04 Å². The van der Waals surface area contributed by atoms with Crippen LogP contribution in [0.5, 0.6) is 0 Å². The summed E-state index contributed by atoms with van der Waals surface area (Å²) in [5.74, 6) is 0.833. The van der Waals surface area contributed by atoms with Crippen molar-refractivity contribution in [2.45, 2.75) is 68.4 Å². The van der Waals surface area contributed by atoms with Gasteiger partial charge in [-0.15, -0.1) is 0 Å². The third-order valence-corrected chi connectivity index (χ3v) is 0.577. The maximum Gasteiger partial charge on any atom is 0.000733 e. The molecule has 0 unspecified atom stereocenters. The first kappa shape index (κ1) is 23.1. The van der Waals surface area contributed by atoms with Gasteiger partial charge in [0.25, 0.3) is 0 Å². The zero-order chi connectivity index (χ0) is 11.9. The maximum atomic E-state index is 3.03. The minimum atomic E-state index is 0.634. The van der Waals surface area contributed by atoms with Crippen LogP contribution >= 0.6 is 0 Å². The van der Waals surface area contributed by atoms with Gasteiger partial charge in [-0.3, -0.25) is 0 Å². The Kier molecular flexibility index (Phi) is 52.7. The Labute approximate surface area is 87.3 Å². The van der Waals surface area contributed by atoms with Crippen LogP contribution in [0.2, 0.25) is 0 Å². The molecule has 0 radical (unpaired) electrons. The van der Waals surface area contributed by atoms with Gasteiger partial charge in [-0.2, -0.15) is 0 Å². The molecule has 0 aromatic rings. The van der Waals surface area contributed by atoms with Crippen LogP contribution in [0.15, 0.2) is 0 Å². The zero-order valence-electron chi connectivity index (χ0n) is 11.7. The monoisotopic (exact) mass is 191 g/mol. The predicted octanol–water partition coefficient (Wildman–Crippen LogP) is 4.33. The van der Waals surface area contributed by atoms with Crippen LogP contribution < -0.4 is 5.32 Å². The average Bonchev–Trinajstić information content (AvgIpc) is 2.10. The summed E-state index contributed by atoms with van der Waals surface area (Å²) in [5.41, 5.74) is 0. The van der Waals surface area contributed by atoms with E-state index in [1.807, 2.05) is 34.7 Å². The molecule has 0 spiro atoms. The van der Waals surface area contributed by atoms with Gasteiger partial charge in [0.2, 0.25) is 0 Å². The molecule has 1 nitrogen and oxygen atoms in total. The fraction of sp³-hybridized carbons (Fsp3) is 1.00. The molecule has 0 saturated heterocycles. The van der Waals surface area contributed by atoms with Crippen LogP contribution in [0, 0.1) is 5.92 Å². The quantitative estimate of drug-likeness (QED) is 0.650. The molecule has 0 saturated carbocycles. The van der Waals surface area contributed by atoms with Crippen LogP contribution in [0.1, 0.15) is 62.3 Å². The van der Waals surface area contributed by atoms with Gasteiger partial charge in [0.15, 0.2) is 0 Å². The van der Waals surface area contributed by atoms with Crippen molar-refractivity contribution in [3.05, 3.63) is 0 Å². The third-order valence-electron chi connectivity index (χ3n) is 0.577. The Balaban J connectivity index is -0.0000000457. The van der Waals surface area contributed by atoms with Gasteiger partial charge >= 0.3 is 0 Å². The summed E-state index contributed by atoms with van der Waals surface area (Å²) in [4.78, 5) is 0. The zero-order valence-corrected chi connectivity index (χ0v) is 11.7. The van der Waals surface area contributed by atoms with E-state index in [1.54, 1.807) is 0 Å². The highest BCUT2D eigenvalue weighted by Gasteiger charge is 1.76. The molecule has 0 atom stereocenters. The molecule has 0 aliphatic heterocycles. The average molecular weight is 191 g/mol. The van der Waals surface area contributed by atoms with Crippen LogP contribution in [0.25, 0.3) is 0 Å². The standard InChI is InChI=1S/C4H11N.C4H10.2C2H6/c1-4(2)5-3;1-4(2)3;2*1-2/h4-5H,1-3H3;4H,1-3H3;2*1-2H3. The maximum absolute atomic E-state index is 3.03. The Morgan fingerprint density at radius 2 is 0.769 bits per heavy atom. The Hall–Kier alpha value is -0.0400. The smallest absolute Gasteiger partial charge is 0.000733 e. The number of rotatable bonds is 1. The van der Waals surface area contributed by atoms with Crippen molar-refractivity contribution in [1.29, 1.82) is 0 Å². The normalized spacial score (nSPS) is 7.38. The lowest BCUT2D eigenvalue weighted by Crippen LogP contribution is -2.15. The van der Waals surface area contributed by atoms with Crippen molar-refractivity contribution in [2.24, 2.45) is 5.92 Å². The van der Waals surface area contributed by atoms with Crippen molar-refractivity contribution in [1.82, 2.24) is 5.32 Å². The number of hydrogen-bond donors (Lipinski definition) is 1. The summed E-state index contributed by atoms with van der Waals surface area (Å²) in [6.07, 6.45) is 0. The Morgan fingerprint density at radius 1 is 0.692 bits per heavy atom. The second-order valence-corrected chi connectivity index (χ2v) is 3.18. The summed E-state index contributed by atoms with van der Waals surface area (Å²) in [6.45, 7) is 18.7. The summed E-state index contributed by atoms with van der Waals surface area (Å²) >= 11 is 0. The molecule has 1 heteroatoms. The van der Waals surface area contributed by atoms with Crippen molar-refractivity contribution >= 4 is 0 Å². The van der Waals surface area contributed by atoms with Crippen LogP contribution in [0.3, 0.4) is 0 Å². The van der Waals surface area contributed by atoms with Gasteiger partial charge in [0, 0.05) is 6.04 Å². The second kappa shape index (κ2) is 29.7. The fourth-order valence-corrected chi connectivity index (χ4v) is 0. The van der Waals surface area contributed by atoms with E-state index in [-0.39, 0.29) is 0 Å². The van der Waals surface area contributed by atoms with E-state index >= 15 is 0 Å². The largest absolute Gasteiger partial charge is 0.318 e. The molecule has 0 aliphatic rings. The first-order chi connectivity index (χ1) is 6.00. The van der Waals surface area contributed by atoms with E-state index < -0.39 is 0 Å². The van der Waals surface area contributed by atoms with E-state index in [4.69, 9.17) is 0 Å². The van der Waals surface area contributed by atoms with Crippen LogP contribution in [-0.4, -0.2) is 13.1 Å². The van der Waals surface area contributed by atoms with Gasteiger partial charge in [-0.1, -0.05) is 62.3 Å². The SMILES string of the molecule is CC.CC.CC(C)C.CNC(C)C. The summed E-state index contributed by atoms with van der Waals surface area (Å²) in [6, 6.07) is 0.634. The van der Waals surface area contributed by atoms with Gasteiger partial charge in [-0.25, -0.2) is 0 Å². The predicted molar refractivity (Wildman–Crippen MR) is 67.4 cm³/mol. The van der Waals surface area contributed by atoms with Gasteiger partial charge in [0.05, 0.1) is 0 Å². The van der Waals surface area contributed by atoms with E-state index in [9.17, 15) is 0 Å². The van der Waals surface area contributed by atoms with Crippen LogP contribution in [0.4, 0.5) is 0 Å².